The maximum absolute atomic E-state index is 12.5. The normalized spacial score (nSPS) is 12.2. The van der Waals surface area contributed by atoms with E-state index in [4.69, 9.17) is 0 Å². The van der Waals surface area contributed by atoms with Crippen LogP contribution in [-0.2, 0) is 6.42 Å². The number of aromatic hydroxyl groups is 1. The number of hydrogen-bond acceptors (Lipinski definition) is 4. The lowest BCUT2D eigenvalue weighted by Crippen LogP contribution is -2.39. The lowest BCUT2D eigenvalue weighted by Gasteiger charge is -2.16. The Hall–Kier alpha value is -2.86. The molecule has 0 aliphatic rings. The molecule has 24 heavy (non-hydrogen) atoms. The molecular formula is C18H19N3O3. The number of nitrogens with zero attached hydrogens (tertiary/aromatic N) is 1. The Morgan fingerprint density at radius 1 is 1.25 bits per heavy atom. The van der Waals surface area contributed by atoms with Crippen molar-refractivity contribution in [2.75, 3.05) is 6.61 Å². The number of aliphatic hydroxyl groups excluding tert-OH is 1. The SMILES string of the molecule is Cc1ccc2[nH]nc(C(=O)N[C@H](CO)Cc3ccc(O)cc3)c2c1. The summed E-state index contributed by atoms with van der Waals surface area (Å²) in [5.41, 5.74) is 3.07. The number of aromatic nitrogens is 2. The number of hydrogen-bond donors (Lipinski definition) is 4. The van der Waals surface area contributed by atoms with E-state index in [1.807, 2.05) is 25.1 Å². The molecule has 1 atom stereocenters. The Morgan fingerprint density at radius 3 is 2.71 bits per heavy atom. The molecule has 0 fully saturated rings. The van der Waals surface area contributed by atoms with E-state index < -0.39 is 6.04 Å². The average Bonchev–Trinajstić information content (AvgIpc) is 2.99. The average molecular weight is 325 g/mol. The summed E-state index contributed by atoms with van der Waals surface area (Å²) in [5.74, 6) is -0.147. The van der Waals surface area contributed by atoms with Crippen LogP contribution in [-0.4, -0.2) is 39.0 Å². The number of nitrogens with one attached hydrogen (secondary N) is 2. The highest BCUT2D eigenvalue weighted by Crippen LogP contribution is 2.18. The maximum atomic E-state index is 12.5. The number of fused-ring (bicyclic) bond motifs is 1. The smallest absolute Gasteiger partial charge is 0.272 e. The van der Waals surface area contributed by atoms with Gasteiger partial charge in [-0.15, -0.1) is 0 Å². The highest BCUT2D eigenvalue weighted by Gasteiger charge is 2.18. The van der Waals surface area contributed by atoms with Crippen molar-refractivity contribution in [2.45, 2.75) is 19.4 Å². The Kier molecular flexibility index (Phi) is 4.48. The molecule has 6 nitrogen and oxygen atoms in total. The van der Waals surface area contributed by atoms with Gasteiger partial charge in [0.25, 0.3) is 5.91 Å². The molecule has 0 bridgehead atoms. The van der Waals surface area contributed by atoms with Crippen LogP contribution in [0.4, 0.5) is 0 Å². The molecule has 124 valence electrons. The summed E-state index contributed by atoms with van der Waals surface area (Å²) in [4.78, 5) is 12.5. The molecule has 0 radical (unpaired) electrons. The van der Waals surface area contributed by atoms with Crippen molar-refractivity contribution in [3.8, 4) is 5.75 Å². The summed E-state index contributed by atoms with van der Waals surface area (Å²) >= 11 is 0. The number of aromatic amines is 1. The third-order valence-corrected chi connectivity index (χ3v) is 3.91. The van der Waals surface area contributed by atoms with Crippen molar-refractivity contribution >= 4 is 16.8 Å². The van der Waals surface area contributed by atoms with E-state index in [0.29, 0.717) is 12.1 Å². The lowest BCUT2D eigenvalue weighted by molar-refractivity contribution is 0.0913. The molecule has 1 amide bonds. The number of carbonyl (C=O) groups excluding carboxylic acids is 1. The monoisotopic (exact) mass is 325 g/mol. The van der Waals surface area contributed by atoms with Crippen LogP contribution >= 0.6 is 0 Å². The van der Waals surface area contributed by atoms with Gasteiger partial charge in [-0.1, -0.05) is 23.8 Å². The molecule has 1 heterocycles. The first-order chi connectivity index (χ1) is 11.6. The minimum absolute atomic E-state index is 0.182. The highest BCUT2D eigenvalue weighted by atomic mass is 16.3. The summed E-state index contributed by atoms with van der Waals surface area (Å²) in [5, 5.41) is 29.4. The van der Waals surface area contributed by atoms with Gasteiger partial charge < -0.3 is 15.5 Å². The first-order valence-electron chi connectivity index (χ1n) is 7.71. The summed E-state index contributed by atoms with van der Waals surface area (Å²) < 4.78 is 0. The summed E-state index contributed by atoms with van der Waals surface area (Å²) in [7, 11) is 0. The van der Waals surface area contributed by atoms with Crippen LogP contribution in [0.1, 0.15) is 21.6 Å². The number of amides is 1. The van der Waals surface area contributed by atoms with Crippen LogP contribution in [0, 0.1) is 6.92 Å². The fraction of sp³-hybridized carbons (Fsp3) is 0.222. The van der Waals surface area contributed by atoms with E-state index in [9.17, 15) is 15.0 Å². The number of aliphatic hydroxyl groups is 1. The Morgan fingerprint density at radius 2 is 2.00 bits per heavy atom. The third kappa shape index (κ3) is 3.38. The third-order valence-electron chi connectivity index (χ3n) is 3.91. The van der Waals surface area contributed by atoms with E-state index in [-0.39, 0.29) is 18.3 Å². The zero-order valence-corrected chi connectivity index (χ0v) is 13.3. The van der Waals surface area contributed by atoms with E-state index in [1.165, 1.54) is 0 Å². The fourth-order valence-corrected chi connectivity index (χ4v) is 2.63. The van der Waals surface area contributed by atoms with Gasteiger partial charge in [-0.2, -0.15) is 5.10 Å². The molecule has 3 aromatic rings. The van der Waals surface area contributed by atoms with Crippen molar-refractivity contribution in [3.05, 3.63) is 59.3 Å². The number of rotatable bonds is 5. The molecule has 0 aliphatic carbocycles. The number of H-pyrrole nitrogens is 1. The van der Waals surface area contributed by atoms with Crippen molar-refractivity contribution in [3.63, 3.8) is 0 Å². The van der Waals surface area contributed by atoms with Crippen LogP contribution in [0.3, 0.4) is 0 Å². The van der Waals surface area contributed by atoms with Gasteiger partial charge in [-0.25, -0.2) is 0 Å². The van der Waals surface area contributed by atoms with Gasteiger partial charge in [-0.3, -0.25) is 9.89 Å². The molecule has 1 aromatic heterocycles. The quantitative estimate of drug-likeness (QED) is 0.576. The molecule has 2 aromatic carbocycles. The number of aryl methyl sites for hydroxylation is 1. The van der Waals surface area contributed by atoms with E-state index in [2.05, 4.69) is 15.5 Å². The summed E-state index contributed by atoms with van der Waals surface area (Å²) in [6.07, 6.45) is 0.462. The predicted octanol–water partition coefficient (Wildman–Crippen LogP) is 1.91. The highest BCUT2D eigenvalue weighted by molar-refractivity contribution is 6.04. The van der Waals surface area contributed by atoms with Gasteiger partial charge in [0.05, 0.1) is 18.2 Å². The zero-order chi connectivity index (χ0) is 17.1. The largest absolute Gasteiger partial charge is 0.508 e. The van der Waals surface area contributed by atoms with Gasteiger partial charge in [-0.05, 0) is 43.2 Å². The molecule has 3 rings (SSSR count). The molecule has 4 N–H and O–H groups in total. The van der Waals surface area contributed by atoms with Gasteiger partial charge in [0.2, 0.25) is 0 Å². The van der Waals surface area contributed by atoms with Crippen molar-refractivity contribution in [1.82, 2.24) is 15.5 Å². The molecule has 0 spiro atoms. The van der Waals surface area contributed by atoms with Gasteiger partial charge >= 0.3 is 0 Å². The first kappa shape index (κ1) is 16.0. The molecule has 0 saturated heterocycles. The minimum atomic E-state index is -0.432. The van der Waals surface area contributed by atoms with Crippen LogP contribution in [0.2, 0.25) is 0 Å². The van der Waals surface area contributed by atoms with Crippen molar-refractivity contribution in [2.24, 2.45) is 0 Å². The number of phenolic OH excluding ortho intramolecular Hbond substituents is 1. The van der Waals surface area contributed by atoms with E-state index >= 15 is 0 Å². The van der Waals surface area contributed by atoms with Crippen LogP contribution in [0.15, 0.2) is 42.5 Å². The first-order valence-corrected chi connectivity index (χ1v) is 7.71. The zero-order valence-electron chi connectivity index (χ0n) is 13.3. The Labute approximate surface area is 139 Å². The fourth-order valence-electron chi connectivity index (χ4n) is 2.63. The molecule has 0 saturated carbocycles. The van der Waals surface area contributed by atoms with E-state index in [1.54, 1.807) is 24.3 Å². The Bertz CT molecular complexity index is 856. The molecule has 0 unspecified atom stereocenters. The van der Waals surface area contributed by atoms with Crippen LogP contribution in [0.5, 0.6) is 5.75 Å². The standard InChI is InChI=1S/C18H19N3O3/c1-11-2-7-16-15(8-11)17(21-20-16)18(24)19-13(10-22)9-12-3-5-14(23)6-4-12/h2-8,13,22-23H,9-10H2,1H3,(H,19,24)(H,20,21)/t13-/m0/s1. The molecule has 6 heteroatoms. The lowest BCUT2D eigenvalue weighted by atomic mass is 10.1. The van der Waals surface area contributed by atoms with Gasteiger partial charge in [0.15, 0.2) is 5.69 Å². The second kappa shape index (κ2) is 6.72. The summed E-state index contributed by atoms with van der Waals surface area (Å²) in [6.45, 7) is 1.77. The maximum Gasteiger partial charge on any atom is 0.272 e. The minimum Gasteiger partial charge on any atom is -0.508 e. The molecular weight excluding hydrogens is 306 g/mol. The topological polar surface area (TPSA) is 98.2 Å². The number of carbonyl (C=O) groups is 1. The molecule has 0 aliphatic heterocycles. The summed E-state index contributed by atoms with van der Waals surface area (Å²) in [6, 6.07) is 12.0. The van der Waals surface area contributed by atoms with Crippen LogP contribution in [0.25, 0.3) is 10.9 Å². The van der Waals surface area contributed by atoms with Gasteiger partial charge in [0.1, 0.15) is 5.75 Å². The van der Waals surface area contributed by atoms with E-state index in [0.717, 1.165) is 22.0 Å². The second-order valence-corrected chi connectivity index (χ2v) is 5.84. The second-order valence-electron chi connectivity index (χ2n) is 5.84. The predicted molar refractivity (Wildman–Crippen MR) is 91.0 cm³/mol. The van der Waals surface area contributed by atoms with Crippen molar-refractivity contribution in [1.29, 1.82) is 0 Å². The van der Waals surface area contributed by atoms with Crippen molar-refractivity contribution < 1.29 is 15.0 Å². The Balaban J connectivity index is 1.76. The number of phenols is 1. The number of benzene rings is 2. The van der Waals surface area contributed by atoms with Gasteiger partial charge in [0, 0.05) is 5.39 Å². The van der Waals surface area contributed by atoms with Crippen LogP contribution < -0.4 is 5.32 Å².